The molecule has 0 aliphatic heterocycles. The molecule has 2 nitrogen and oxygen atoms in total. The lowest BCUT2D eigenvalue weighted by atomic mass is 10.2. The van der Waals surface area contributed by atoms with Gasteiger partial charge in [0.25, 0.3) is 0 Å². The smallest absolute Gasteiger partial charge is 0.153 e. The molecule has 0 unspecified atom stereocenters. The van der Waals surface area contributed by atoms with E-state index in [0.717, 1.165) is 18.2 Å². The molecule has 0 aliphatic carbocycles. The highest BCUT2D eigenvalue weighted by Gasteiger charge is 2.16. The fraction of sp³-hybridized carbons (Fsp3) is 0. The minimum absolute atomic E-state index is 0.0484. The first-order valence-electron chi connectivity index (χ1n) is 5.45. The highest BCUT2D eigenvalue weighted by molar-refractivity contribution is 6.30. The number of hydrogen-bond donors (Lipinski definition) is 1. The number of H-pyrrole nitrogens is 1. The maximum absolute atomic E-state index is 13.7. The van der Waals surface area contributed by atoms with Crippen molar-refractivity contribution in [2.24, 2.45) is 0 Å². The second kappa shape index (κ2) is 4.49. The summed E-state index contributed by atoms with van der Waals surface area (Å²) >= 11 is 5.44. The number of halogens is 5. The van der Waals surface area contributed by atoms with Crippen LogP contribution in [0.15, 0.2) is 24.3 Å². The minimum Gasteiger partial charge on any atom is -0.338 e. The van der Waals surface area contributed by atoms with Gasteiger partial charge in [0.05, 0.1) is 16.1 Å². The Balaban J connectivity index is 2.25. The second-order valence-corrected chi connectivity index (χ2v) is 4.52. The monoisotopic (exact) mass is 300 g/mol. The van der Waals surface area contributed by atoms with Crippen molar-refractivity contribution in [1.29, 1.82) is 0 Å². The molecular weight excluding hydrogens is 296 g/mol. The maximum atomic E-state index is 13.7. The van der Waals surface area contributed by atoms with Crippen LogP contribution in [0.4, 0.5) is 17.6 Å². The number of fused-ring (bicyclic) bond motifs is 1. The molecule has 20 heavy (non-hydrogen) atoms. The Morgan fingerprint density at radius 1 is 0.900 bits per heavy atom. The molecule has 0 bridgehead atoms. The third kappa shape index (κ3) is 2.02. The zero-order valence-electron chi connectivity index (χ0n) is 9.65. The average Bonchev–Trinajstić information content (AvgIpc) is 2.77. The van der Waals surface area contributed by atoms with Crippen molar-refractivity contribution in [2.45, 2.75) is 0 Å². The van der Waals surface area contributed by atoms with Gasteiger partial charge < -0.3 is 4.98 Å². The molecule has 7 heteroatoms. The quantitative estimate of drug-likeness (QED) is 0.522. The number of hydrogen-bond acceptors (Lipinski definition) is 1. The topological polar surface area (TPSA) is 28.7 Å². The van der Waals surface area contributed by atoms with E-state index in [1.807, 2.05) is 0 Å². The van der Waals surface area contributed by atoms with Gasteiger partial charge in [0, 0.05) is 6.07 Å². The molecular formula is C13H5ClF4N2. The van der Waals surface area contributed by atoms with Crippen LogP contribution >= 0.6 is 11.6 Å². The first-order chi connectivity index (χ1) is 9.45. The maximum Gasteiger partial charge on any atom is 0.153 e. The molecule has 1 heterocycles. The first kappa shape index (κ1) is 12.9. The van der Waals surface area contributed by atoms with Crippen LogP contribution in [0.25, 0.3) is 22.4 Å². The lowest BCUT2D eigenvalue weighted by molar-refractivity contribution is 0.590. The van der Waals surface area contributed by atoms with Gasteiger partial charge in [-0.25, -0.2) is 22.5 Å². The SMILES string of the molecule is Fc1cc(F)c2nc(-c3cc(F)c(Cl)cc3F)[nH]c2c1. The number of nitrogens with zero attached hydrogens (tertiary/aromatic N) is 1. The number of imidazole rings is 1. The van der Waals surface area contributed by atoms with Crippen molar-refractivity contribution in [1.82, 2.24) is 9.97 Å². The number of aromatic nitrogens is 2. The molecule has 0 saturated carbocycles. The van der Waals surface area contributed by atoms with Crippen LogP contribution in [-0.2, 0) is 0 Å². The molecule has 0 atom stereocenters. The predicted molar refractivity (Wildman–Crippen MR) is 66.4 cm³/mol. The molecule has 0 spiro atoms. The van der Waals surface area contributed by atoms with Gasteiger partial charge in [-0.1, -0.05) is 11.6 Å². The Morgan fingerprint density at radius 3 is 2.40 bits per heavy atom. The fourth-order valence-corrected chi connectivity index (χ4v) is 2.02. The van der Waals surface area contributed by atoms with Gasteiger partial charge in [-0.3, -0.25) is 0 Å². The average molecular weight is 301 g/mol. The predicted octanol–water partition coefficient (Wildman–Crippen LogP) is 4.44. The van der Waals surface area contributed by atoms with E-state index in [1.54, 1.807) is 0 Å². The lowest BCUT2D eigenvalue weighted by Gasteiger charge is -2.01. The lowest BCUT2D eigenvalue weighted by Crippen LogP contribution is -1.89. The summed E-state index contributed by atoms with van der Waals surface area (Å²) in [5.74, 6) is -3.46. The van der Waals surface area contributed by atoms with Crippen LogP contribution in [0.5, 0.6) is 0 Å². The van der Waals surface area contributed by atoms with E-state index in [1.165, 1.54) is 0 Å². The van der Waals surface area contributed by atoms with Crippen LogP contribution in [0.3, 0.4) is 0 Å². The van der Waals surface area contributed by atoms with Gasteiger partial charge in [-0.2, -0.15) is 0 Å². The van der Waals surface area contributed by atoms with Crippen LogP contribution < -0.4 is 0 Å². The molecule has 1 N–H and O–H groups in total. The Morgan fingerprint density at radius 2 is 1.65 bits per heavy atom. The summed E-state index contributed by atoms with van der Waals surface area (Å²) < 4.78 is 53.7. The Labute approximate surface area is 115 Å². The summed E-state index contributed by atoms with van der Waals surface area (Å²) in [5, 5.41) is -0.375. The summed E-state index contributed by atoms with van der Waals surface area (Å²) in [5.41, 5.74) is -0.327. The zero-order chi connectivity index (χ0) is 14.4. The van der Waals surface area contributed by atoms with E-state index >= 15 is 0 Å². The van der Waals surface area contributed by atoms with Crippen molar-refractivity contribution >= 4 is 22.6 Å². The van der Waals surface area contributed by atoms with Gasteiger partial charge >= 0.3 is 0 Å². The summed E-state index contributed by atoms with van der Waals surface area (Å²) in [6, 6.07) is 3.30. The zero-order valence-corrected chi connectivity index (χ0v) is 10.4. The van der Waals surface area contributed by atoms with Crippen LogP contribution in [0, 0.1) is 23.3 Å². The Bertz CT molecular complexity index is 829. The Hall–Kier alpha value is -2.08. The summed E-state index contributed by atoms with van der Waals surface area (Å²) in [6.45, 7) is 0. The van der Waals surface area contributed by atoms with E-state index in [0.29, 0.717) is 6.07 Å². The van der Waals surface area contributed by atoms with Crippen molar-refractivity contribution in [3.05, 3.63) is 52.6 Å². The van der Waals surface area contributed by atoms with Gasteiger partial charge in [0.1, 0.15) is 28.8 Å². The third-order valence-electron chi connectivity index (χ3n) is 2.77. The van der Waals surface area contributed by atoms with Crippen molar-refractivity contribution < 1.29 is 17.6 Å². The van der Waals surface area contributed by atoms with Gasteiger partial charge in [0.2, 0.25) is 0 Å². The van der Waals surface area contributed by atoms with Crippen molar-refractivity contribution in [3.8, 4) is 11.4 Å². The number of rotatable bonds is 1. The molecule has 0 aliphatic rings. The van der Waals surface area contributed by atoms with E-state index in [9.17, 15) is 17.6 Å². The molecule has 2 aromatic carbocycles. The molecule has 0 fully saturated rings. The van der Waals surface area contributed by atoms with Crippen LogP contribution in [0.1, 0.15) is 0 Å². The highest BCUT2D eigenvalue weighted by atomic mass is 35.5. The van der Waals surface area contributed by atoms with E-state index in [-0.39, 0.29) is 27.4 Å². The van der Waals surface area contributed by atoms with Crippen molar-refractivity contribution in [3.63, 3.8) is 0 Å². The van der Waals surface area contributed by atoms with Gasteiger partial charge in [-0.05, 0) is 18.2 Å². The van der Waals surface area contributed by atoms with Crippen LogP contribution in [0.2, 0.25) is 5.02 Å². The van der Waals surface area contributed by atoms with Crippen molar-refractivity contribution in [2.75, 3.05) is 0 Å². The number of aromatic amines is 1. The molecule has 3 aromatic rings. The molecule has 0 saturated heterocycles. The highest BCUT2D eigenvalue weighted by Crippen LogP contribution is 2.28. The van der Waals surface area contributed by atoms with E-state index < -0.39 is 23.3 Å². The third-order valence-corrected chi connectivity index (χ3v) is 3.06. The van der Waals surface area contributed by atoms with Crippen LogP contribution in [-0.4, -0.2) is 9.97 Å². The first-order valence-corrected chi connectivity index (χ1v) is 5.83. The van der Waals surface area contributed by atoms with Gasteiger partial charge in [-0.15, -0.1) is 0 Å². The molecule has 1 aromatic heterocycles. The summed E-state index contributed by atoms with van der Waals surface area (Å²) in [6.07, 6.45) is 0. The number of benzene rings is 2. The van der Waals surface area contributed by atoms with E-state index in [4.69, 9.17) is 11.6 Å². The minimum atomic E-state index is -0.891. The Kier molecular flexibility index (Phi) is 2.90. The standard InChI is InChI=1S/C13H5ClF4N2/c14-7-4-8(16)6(3-9(7)17)13-19-11-2-5(15)1-10(18)12(11)20-13/h1-4H,(H,19,20). The molecule has 102 valence electrons. The largest absolute Gasteiger partial charge is 0.338 e. The molecule has 0 amide bonds. The fourth-order valence-electron chi connectivity index (χ4n) is 1.87. The molecule has 0 radical (unpaired) electrons. The number of nitrogens with one attached hydrogen (secondary N) is 1. The second-order valence-electron chi connectivity index (χ2n) is 4.12. The normalized spacial score (nSPS) is 11.2. The molecule has 3 rings (SSSR count). The van der Waals surface area contributed by atoms with Gasteiger partial charge in [0.15, 0.2) is 5.82 Å². The summed E-state index contributed by atoms with van der Waals surface area (Å²) in [7, 11) is 0. The van der Waals surface area contributed by atoms with E-state index in [2.05, 4.69) is 9.97 Å². The summed E-state index contributed by atoms with van der Waals surface area (Å²) in [4.78, 5) is 6.35.